The lowest BCUT2D eigenvalue weighted by Crippen LogP contribution is -2.46. The SMILES string of the molecule is CC(C)c1cc(N2CCN[C@H](c3cc(C(F)(F)F)ccc3Br)C2)nc(N)n1. The van der Waals surface area contributed by atoms with Crippen LogP contribution in [0.3, 0.4) is 0 Å². The Morgan fingerprint density at radius 2 is 2.00 bits per heavy atom. The van der Waals surface area contributed by atoms with Gasteiger partial charge in [-0.05, 0) is 29.7 Å². The molecule has 146 valence electrons. The molecule has 0 spiro atoms. The Labute approximate surface area is 164 Å². The van der Waals surface area contributed by atoms with E-state index in [1.165, 1.54) is 12.1 Å². The summed E-state index contributed by atoms with van der Waals surface area (Å²) in [5.74, 6) is 1.10. The molecular formula is C18H21BrF3N5. The van der Waals surface area contributed by atoms with Crippen LogP contribution in [0.25, 0.3) is 0 Å². The van der Waals surface area contributed by atoms with E-state index in [0.29, 0.717) is 35.5 Å². The van der Waals surface area contributed by atoms with E-state index in [4.69, 9.17) is 5.73 Å². The van der Waals surface area contributed by atoms with Gasteiger partial charge in [-0.15, -0.1) is 0 Å². The van der Waals surface area contributed by atoms with Crippen LogP contribution in [0.1, 0.15) is 42.6 Å². The summed E-state index contributed by atoms with van der Waals surface area (Å²) in [7, 11) is 0. The molecule has 0 aliphatic carbocycles. The summed E-state index contributed by atoms with van der Waals surface area (Å²) < 4.78 is 39.9. The van der Waals surface area contributed by atoms with E-state index in [2.05, 4.69) is 31.2 Å². The van der Waals surface area contributed by atoms with Crippen LogP contribution in [-0.4, -0.2) is 29.6 Å². The molecular weight excluding hydrogens is 423 g/mol. The zero-order chi connectivity index (χ0) is 19.8. The van der Waals surface area contributed by atoms with Crippen molar-refractivity contribution >= 4 is 27.7 Å². The highest BCUT2D eigenvalue weighted by Crippen LogP contribution is 2.35. The second-order valence-corrected chi connectivity index (χ2v) is 7.71. The van der Waals surface area contributed by atoms with E-state index in [-0.39, 0.29) is 17.9 Å². The first-order valence-corrected chi connectivity index (χ1v) is 9.44. The van der Waals surface area contributed by atoms with Crippen LogP contribution in [-0.2, 0) is 6.18 Å². The number of nitrogens with one attached hydrogen (secondary N) is 1. The minimum atomic E-state index is -4.38. The van der Waals surface area contributed by atoms with Gasteiger partial charge in [0, 0.05) is 30.2 Å². The van der Waals surface area contributed by atoms with Crippen LogP contribution in [0.15, 0.2) is 28.7 Å². The maximum absolute atomic E-state index is 13.1. The van der Waals surface area contributed by atoms with Crippen molar-refractivity contribution < 1.29 is 13.2 Å². The summed E-state index contributed by atoms with van der Waals surface area (Å²) in [4.78, 5) is 10.6. The van der Waals surface area contributed by atoms with E-state index in [0.717, 1.165) is 11.8 Å². The van der Waals surface area contributed by atoms with Crippen molar-refractivity contribution in [1.29, 1.82) is 0 Å². The van der Waals surface area contributed by atoms with Crippen molar-refractivity contribution in [3.05, 3.63) is 45.6 Å². The van der Waals surface area contributed by atoms with E-state index >= 15 is 0 Å². The van der Waals surface area contributed by atoms with Crippen LogP contribution >= 0.6 is 15.9 Å². The number of benzene rings is 1. The average Bonchev–Trinajstić information content (AvgIpc) is 2.60. The molecule has 27 heavy (non-hydrogen) atoms. The van der Waals surface area contributed by atoms with Gasteiger partial charge >= 0.3 is 6.18 Å². The van der Waals surface area contributed by atoms with Crippen LogP contribution in [0.4, 0.5) is 24.9 Å². The third-order valence-corrected chi connectivity index (χ3v) is 5.26. The van der Waals surface area contributed by atoms with Gasteiger partial charge in [-0.1, -0.05) is 29.8 Å². The fourth-order valence-electron chi connectivity index (χ4n) is 3.08. The predicted molar refractivity (Wildman–Crippen MR) is 103 cm³/mol. The summed E-state index contributed by atoms with van der Waals surface area (Å²) in [6, 6.07) is 5.34. The number of nitrogens with zero attached hydrogens (tertiary/aromatic N) is 3. The fraction of sp³-hybridized carbons (Fsp3) is 0.444. The second-order valence-electron chi connectivity index (χ2n) is 6.85. The van der Waals surface area contributed by atoms with Crippen molar-refractivity contribution in [2.24, 2.45) is 0 Å². The number of halogens is 4. The molecule has 9 heteroatoms. The molecule has 0 saturated carbocycles. The number of hydrogen-bond acceptors (Lipinski definition) is 5. The zero-order valence-corrected chi connectivity index (χ0v) is 16.6. The summed E-state index contributed by atoms with van der Waals surface area (Å²) in [5, 5.41) is 3.29. The topological polar surface area (TPSA) is 67.1 Å². The quantitative estimate of drug-likeness (QED) is 0.746. The fourth-order valence-corrected chi connectivity index (χ4v) is 3.61. The number of anilines is 2. The molecule has 2 aromatic rings. The van der Waals surface area contributed by atoms with Crippen molar-refractivity contribution in [2.45, 2.75) is 32.0 Å². The minimum absolute atomic E-state index is 0.199. The Bertz CT molecular complexity index is 825. The molecule has 3 rings (SSSR count). The molecule has 5 nitrogen and oxygen atoms in total. The zero-order valence-electron chi connectivity index (χ0n) is 15.0. The van der Waals surface area contributed by atoms with Crippen molar-refractivity contribution in [3.63, 3.8) is 0 Å². The number of alkyl halides is 3. The molecule has 1 atom stereocenters. The Kier molecular flexibility index (Phi) is 5.62. The highest BCUT2D eigenvalue weighted by atomic mass is 79.9. The number of rotatable bonds is 3. The Morgan fingerprint density at radius 3 is 2.67 bits per heavy atom. The van der Waals surface area contributed by atoms with Gasteiger partial charge < -0.3 is 16.0 Å². The summed E-state index contributed by atoms with van der Waals surface area (Å²) in [5.41, 5.74) is 6.60. The molecule has 1 aromatic carbocycles. The lowest BCUT2D eigenvalue weighted by Gasteiger charge is -2.35. The Hall–Kier alpha value is -1.87. The first-order valence-electron chi connectivity index (χ1n) is 8.64. The van der Waals surface area contributed by atoms with Gasteiger partial charge in [0.2, 0.25) is 5.95 Å². The Balaban J connectivity index is 1.89. The number of nitrogens with two attached hydrogens (primary N) is 1. The normalized spacial score (nSPS) is 18.2. The first-order chi connectivity index (χ1) is 12.6. The maximum atomic E-state index is 13.1. The lowest BCUT2D eigenvalue weighted by molar-refractivity contribution is -0.137. The van der Waals surface area contributed by atoms with Crippen LogP contribution < -0.4 is 16.0 Å². The van der Waals surface area contributed by atoms with Gasteiger partial charge in [-0.25, -0.2) is 4.98 Å². The Morgan fingerprint density at radius 1 is 1.26 bits per heavy atom. The summed E-state index contributed by atoms with van der Waals surface area (Å²) in [6.45, 7) is 5.82. The monoisotopic (exact) mass is 443 g/mol. The molecule has 2 heterocycles. The largest absolute Gasteiger partial charge is 0.416 e. The van der Waals surface area contributed by atoms with E-state index < -0.39 is 11.7 Å². The number of hydrogen-bond donors (Lipinski definition) is 2. The highest BCUT2D eigenvalue weighted by molar-refractivity contribution is 9.10. The average molecular weight is 444 g/mol. The van der Waals surface area contributed by atoms with Gasteiger partial charge in [-0.3, -0.25) is 0 Å². The lowest BCUT2D eigenvalue weighted by atomic mass is 10.0. The van der Waals surface area contributed by atoms with E-state index in [9.17, 15) is 13.2 Å². The van der Waals surface area contributed by atoms with Crippen molar-refractivity contribution in [2.75, 3.05) is 30.3 Å². The second kappa shape index (κ2) is 7.63. The number of aromatic nitrogens is 2. The minimum Gasteiger partial charge on any atom is -0.368 e. The molecule has 0 radical (unpaired) electrons. The molecule has 0 amide bonds. The standard InChI is InChI=1S/C18H21BrF3N5/c1-10(2)14-8-16(26-17(23)25-14)27-6-5-24-15(9-27)12-7-11(18(20,21)22)3-4-13(12)19/h3-4,7-8,10,15,24H,5-6,9H2,1-2H3,(H2,23,25,26)/t15-/m0/s1. The predicted octanol–water partition coefficient (Wildman–Crippen LogP) is 4.11. The summed E-state index contributed by atoms with van der Waals surface area (Å²) in [6.07, 6.45) is -4.38. The maximum Gasteiger partial charge on any atom is 0.416 e. The molecule has 1 saturated heterocycles. The summed E-state index contributed by atoms with van der Waals surface area (Å²) >= 11 is 3.38. The molecule has 1 aliphatic heterocycles. The number of nitrogen functional groups attached to an aromatic ring is 1. The van der Waals surface area contributed by atoms with Gasteiger partial charge in [0.15, 0.2) is 0 Å². The van der Waals surface area contributed by atoms with Crippen LogP contribution in [0.5, 0.6) is 0 Å². The number of piperazine rings is 1. The van der Waals surface area contributed by atoms with Gasteiger partial charge in [0.25, 0.3) is 0 Å². The molecule has 0 bridgehead atoms. The molecule has 1 aliphatic rings. The molecule has 1 fully saturated rings. The first kappa shape index (κ1) is 19.9. The highest BCUT2D eigenvalue weighted by Gasteiger charge is 2.32. The molecule has 3 N–H and O–H groups in total. The van der Waals surface area contributed by atoms with Gasteiger partial charge in [0.05, 0.1) is 17.3 Å². The van der Waals surface area contributed by atoms with Crippen molar-refractivity contribution in [1.82, 2.24) is 15.3 Å². The van der Waals surface area contributed by atoms with Crippen LogP contribution in [0.2, 0.25) is 0 Å². The van der Waals surface area contributed by atoms with E-state index in [1.807, 2.05) is 24.8 Å². The van der Waals surface area contributed by atoms with Gasteiger partial charge in [-0.2, -0.15) is 18.2 Å². The third kappa shape index (κ3) is 4.52. The van der Waals surface area contributed by atoms with Crippen molar-refractivity contribution in [3.8, 4) is 0 Å². The molecule has 1 aromatic heterocycles. The van der Waals surface area contributed by atoms with Gasteiger partial charge in [0.1, 0.15) is 5.82 Å². The third-order valence-electron chi connectivity index (χ3n) is 4.54. The smallest absolute Gasteiger partial charge is 0.368 e. The van der Waals surface area contributed by atoms with Crippen LogP contribution in [0, 0.1) is 0 Å². The van der Waals surface area contributed by atoms with E-state index in [1.54, 1.807) is 0 Å². The molecule has 0 unspecified atom stereocenters.